The summed E-state index contributed by atoms with van der Waals surface area (Å²) in [6.45, 7) is 6.71. The maximum Gasteiger partial charge on any atom is 0.0450 e. The quantitative estimate of drug-likeness (QED) is 0.879. The fourth-order valence-corrected chi connectivity index (χ4v) is 3.55. The molecule has 1 aliphatic heterocycles. The lowest BCUT2D eigenvalue weighted by Gasteiger charge is -2.26. The van der Waals surface area contributed by atoms with E-state index >= 15 is 0 Å². The molecule has 0 saturated carbocycles. The summed E-state index contributed by atoms with van der Waals surface area (Å²) in [6, 6.07) is 7.37. The predicted molar refractivity (Wildman–Crippen MR) is 100 cm³/mol. The zero-order chi connectivity index (χ0) is 16.7. The largest absolute Gasteiger partial charge is 0.328 e. The van der Waals surface area contributed by atoms with Gasteiger partial charge in [-0.05, 0) is 68.3 Å². The highest BCUT2D eigenvalue weighted by molar-refractivity contribution is 6.04. The van der Waals surface area contributed by atoms with E-state index in [4.69, 9.17) is 5.73 Å². The second-order valence-electron chi connectivity index (χ2n) is 6.69. The number of aryl methyl sites for hydroxylation is 2. The maximum absolute atomic E-state index is 5.59. The molecule has 0 amide bonds. The molecular weight excluding hydrogens is 282 g/mol. The molecule has 3 heteroatoms. The van der Waals surface area contributed by atoms with Crippen molar-refractivity contribution < 1.29 is 0 Å². The SMILES string of the molecule is CCc1ccc2c(c1)CCC(CC)C2=NC.NC1CCNCC1. The van der Waals surface area contributed by atoms with Crippen LogP contribution in [0.3, 0.4) is 0 Å². The molecule has 0 spiro atoms. The molecule has 3 rings (SSSR count). The molecular formula is C20H33N3. The summed E-state index contributed by atoms with van der Waals surface area (Å²) in [5.41, 5.74) is 11.3. The van der Waals surface area contributed by atoms with Gasteiger partial charge in [0.15, 0.2) is 0 Å². The van der Waals surface area contributed by atoms with Crippen molar-refractivity contribution in [3.05, 3.63) is 34.9 Å². The summed E-state index contributed by atoms with van der Waals surface area (Å²) in [7, 11) is 1.93. The van der Waals surface area contributed by atoms with Gasteiger partial charge in [0.05, 0.1) is 0 Å². The lowest BCUT2D eigenvalue weighted by molar-refractivity contribution is 0.458. The summed E-state index contributed by atoms with van der Waals surface area (Å²) < 4.78 is 0. The third-order valence-electron chi connectivity index (χ3n) is 5.12. The fraction of sp³-hybridized carbons (Fsp3) is 0.650. The Balaban J connectivity index is 0.000000229. The first-order valence-corrected chi connectivity index (χ1v) is 9.24. The Morgan fingerprint density at radius 1 is 1.17 bits per heavy atom. The molecule has 1 aliphatic carbocycles. The van der Waals surface area contributed by atoms with E-state index in [1.165, 1.54) is 41.7 Å². The van der Waals surface area contributed by atoms with Crippen molar-refractivity contribution in [1.29, 1.82) is 0 Å². The van der Waals surface area contributed by atoms with Crippen molar-refractivity contribution >= 4 is 5.71 Å². The van der Waals surface area contributed by atoms with Crippen LogP contribution in [0, 0.1) is 5.92 Å². The number of hydrogen-bond acceptors (Lipinski definition) is 3. The smallest absolute Gasteiger partial charge is 0.0450 e. The van der Waals surface area contributed by atoms with Crippen molar-refractivity contribution in [2.24, 2.45) is 16.6 Å². The number of nitrogens with zero attached hydrogens (tertiary/aromatic N) is 1. The van der Waals surface area contributed by atoms with Crippen molar-refractivity contribution in [3.63, 3.8) is 0 Å². The van der Waals surface area contributed by atoms with Crippen molar-refractivity contribution in [2.45, 2.75) is 58.4 Å². The average Bonchev–Trinajstić information content (AvgIpc) is 2.61. The summed E-state index contributed by atoms with van der Waals surface area (Å²) in [6.07, 6.45) is 7.13. The predicted octanol–water partition coefficient (Wildman–Crippen LogP) is 3.34. The summed E-state index contributed by atoms with van der Waals surface area (Å²) in [4.78, 5) is 4.51. The van der Waals surface area contributed by atoms with Gasteiger partial charge in [-0.1, -0.05) is 32.0 Å². The summed E-state index contributed by atoms with van der Waals surface area (Å²) in [5, 5.41) is 3.24. The van der Waals surface area contributed by atoms with Crippen LogP contribution in [0.15, 0.2) is 23.2 Å². The Morgan fingerprint density at radius 2 is 1.91 bits per heavy atom. The molecule has 2 aliphatic rings. The van der Waals surface area contributed by atoms with E-state index in [0.29, 0.717) is 12.0 Å². The van der Waals surface area contributed by atoms with Gasteiger partial charge in [-0.2, -0.15) is 0 Å². The minimum atomic E-state index is 0.473. The third-order valence-corrected chi connectivity index (χ3v) is 5.12. The number of aliphatic imine (C=N–C) groups is 1. The monoisotopic (exact) mass is 315 g/mol. The Morgan fingerprint density at radius 3 is 2.43 bits per heavy atom. The van der Waals surface area contributed by atoms with Crippen LogP contribution in [0.4, 0.5) is 0 Å². The molecule has 1 heterocycles. The second kappa shape index (κ2) is 9.19. The van der Waals surface area contributed by atoms with Gasteiger partial charge in [0.1, 0.15) is 0 Å². The molecule has 1 unspecified atom stereocenters. The van der Waals surface area contributed by atoms with Gasteiger partial charge in [0.2, 0.25) is 0 Å². The zero-order valence-corrected chi connectivity index (χ0v) is 15.1. The highest BCUT2D eigenvalue weighted by atomic mass is 14.9. The van der Waals surface area contributed by atoms with Crippen LogP contribution in [0.25, 0.3) is 0 Å². The second-order valence-corrected chi connectivity index (χ2v) is 6.69. The molecule has 3 N–H and O–H groups in total. The van der Waals surface area contributed by atoms with E-state index in [-0.39, 0.29) is 0 Å². The average molecular weight is 316 g/mol. The maximum atomic E-state index is 5.59. The molecule has 3 nitrogen and oxygen atoms in total. The Bertz CT molecular complexity index is 516. The van der Waals surface area contributed by atoms with Crippen molar-refractivity contribution in [3.8, 4) is 0 Å². The van der Waals surface area contributed by atoms with Gasteiger partial charge in [-0.15, -0.1) is 0 Å². The van der Waals surface area contributed by atoms with Gasteiger partial charge in [0.25, 0.3) is 0 Å². The lowest BCUT2D eigenvalue weighted by Crippen LogP contribution is -2.35. The molecule has 1 aromatic rings. The van der Waals surface area contributed by atoms with E-state index in [2.05, 4.69) is 42.4 Å². The van der Waals surface area contributed by atoms with Crippen LogP contribution >= 0.6 is 0 Å². The van der Waals surface area contributed by atoms with E-state index in [1.54, 1.807) is 0 Å². The van der Waals surface area contributed by atoms with Gasteiger partial charge in [-0.3, -0.25) is 4.99 Å². The van der Waals surface area contributed by atoms with E-state index in [9.17, 15) is 0 Å². The van der Waals surface area contributed by atoms with E-state index < -0.39 is 0 Å². The summed E-state index contributed by atoms with van der Waals surface area (Å²) in [5.74, 6) is 0.671. The Kier molecular flexibility index (Phi) is 7.25. The van der Waals surface area contributed by atoms with Crippen LogP contribution in [0.2, 0.25) is 0 Å². The summed E-state index contributed by atoms with van der Waals surface area (Å²) >= 11 is 0. The molecule has 1 saturated heterocycles. The Labute approximate surface area is 141 Å². The van der Waals surface area contributed by atoms with Gasteiger partial charge >= 0.3 is 0 Å². The van der Waals surface area contributed by atoms with Crippen LogP contribution in [-0.4, -0.2) is 31.9 Å². The Hall–Kier alpha value is -1.19. The number of piperidine rings is 1. The van der Waals surface area contributed by atoms with E-state index in [0.717, 1.165) is 32.4 Å². The van der Waals surface area contributed by atoms with E-state index in [1.807, 2.05) is 7.05 Å². The molecule has 23 heavy (non-hydrogen) atoms. The standard InChI is InChI=1S/C15H21N.C5H12N2/c1-4-11-6-9-14-13(10-11)8-7-12(5-2)15(14)16-3;6-5-1-3-7-4-2-5/h6,9-10,12H,4-5,7-8H2,1-3H3;5,7H,1-4,6H2. The van der Waals surface area contributed by atoms with Crippen molar-refractivity contribution in [2.75, 3.05) is 20.1 Å². The molecule has 1 fully saturated rings. The first kappa shape index (κ1) is 18.2. The number of fused-ring (bicyclic) bond motifs is 1. The molecule has 0 aromatic heterocycles. The minimum Gasteiger partial charge on any atom is -0.328 e. The van der Waals surface area contributed by atoms with Crippen LogP contribution < -0.4 is 11.1 Å². The third kappa shape index (κ3) is 4.89. The van der Waals surface area contributed by atoms with Gasteiger partial charge in [-0.25, -0.2) is 0 Å². The lowest BCUT2D eigenvalue weighted by atomic mass is 9.80. The first-order valence-electron chi connectivity index (χ1n) is 9.24. The minimum absolute atomic E-state index is 0.473. The number of hydrogen-bond donors (Lipinski definition) is 2. The number of nitrogens with two attached hydrogens (primary N) is 1. The van der Waals surface area contributed by atoms with Crippen molar-refractivity contribution in [1.82, 2.24) is 5.32 Å². The van der Waals surface area contributed by atoms with Gasteiger partial charge in [0, 0.05) is 24.7 Å². The number of nitrogens with one attached hydrogen (secondary N) is 1. The number of benzene rings is 1. The van der Waals surface area contributed by atoms with Crippen LogP contribution in [-0.2, 0) is 12.8 Å². The topological polar surface area (TPSA) is 50.4 Å². The molecule has 1 atom stereocenters. The van der Waals surface area contributed by atoms with Crippen LogP contribution in [0.1, 0.15) is 56.2 Å². The highest BCUT2D eigenvalue weighted by Crippen LogP contribution is 2.29. The molecule has 128 valence electrons. The molecule has 0 bridgehead atoms. The molecule has 0 radical (unpaired) electrons. The normalized spacial score (nSPS) is 23.1. The fourth-order valence-electron chi connectivity index (χ4n) is 3.55. The highest BCUT2D eigenvalue weighted by Gasteiger charge is 2.23. The van der Waals surface area contributed by atoms with Gasteiger partial charge < -0.3 is 11.1 Å². The van der Waals surface area contributed by atoms with Crippen LogP contribution in [0.5, 0.6) is 0 Å². The number of rotatable bonds is 2. The molecule has 1 aromatic carbocycles. The zero-order valence-electron chi connectivity index (χ0n) is 15.1. The first-order chi connectivity index (χ1) is 11.2.